The van der Waals surface area contributed by atoms with Gasteiger partial charge in [0.05, 0.1) is 21.9 Å². The molecule has 210 valence electrons. The molecule has 0 amide bonds. The van der Waals surface area contributed by atoms with Crippen LogP contribution in [0.15, 0.2) is 0 Å². The van der Waals surface area contributed by atoms with Crippen molar-refractivity contribution in [3.8, 4) is 0 Å². The van der Waals surface area contributed by atoms with Crippen molar-refractivity contribution < 1.29 is 27.8 Å². The fraction of sp³-hybridized carbons (Fsp3) is 0.767. The summed E-state index contributed by atoms with van der Waals surface area (Å²) in [7, 11) is 0. The highest BCUT2D eigenvalue weighted by Gasteiger charge is 2.62. The molecule has 0 radical (unpaired) electrons. The van der Waals surface area contributed by atoms with Crippen LogP contribution in [0.2, 0.25) is 0 Å². The van der Waals surface area contributed by atoms with Crippen molar-refractivity contribution in [2.45, 2.75) is 97.2 Å². The van der Waals surface area contributed by atoms with Crippen LogP contribution in [0.3, 0.4) is 0 Å². The highest BCUT2D eigenvalue weighted by Crippen LogP contribution is 2.68. The summed E-state index contributed by atoms with van der Waals surface area (Å²) in [4.78, 5) is 4.13. The van der Waals surface area contributed by atoms with E-state index in [4.69, 9.17) is 0 Å². The van der Waals surface area contributed by atoms with Crippen LogP contribution < -0.4 is 0 Å². The Morgan fingerprint density at radius 2 is 1.58 bits per heavy atom. The predicted molar refractivity (Wildman–Crippen MR) is 140 cm³/mol. The van der Waals surface area contributed by atoms with Gasteiger partial charge in [0, 0.05) is 0 Å². The van der Waals surface area contributed by atoms with Crippen LogP contribution in [0, 0.1) is 69.6 Å². The molecule has 10 atom stereocenters. The topological polar surface area (TPSA) is 53.4 Å². The van der Waals surface area contributed by atoms with Gasteiger partial charge in [-0.3, -0.25) is 0 Å². The molecule has 4 aliphatic rings. The Balaban J connectivity index is 1.18. The second-order valence-electron chi connectivity index (χ2n) is 13.5. The first-order chi connectivity index (χ1) is 18.0. The molecule has 4 fully saturated rings. The van der Waals surface area contributed by atoms with Crippen LogP contribution in [0.5, 0.6) is 0 Å². The average molecular weight is 554 g/mol. The fourth-order valence-corrected chi connectivity index (χ4v) is 10.9. The lowest BCUT2D eigenvalue weighted by atomic mass is 9.43. The normalized spacial score (nSPS) is 41.6. The van der Waals surface area contributed by atoms with Gasteiger partial charge in [0.1, 0.15) is 5.52 Å². The van der Waals surface area contributed by atoms with E-state index in [1.165, 1.54) is 0 Å². The predicted octanol–water partition coefficient (Wildman–Crippen LogP) is 7.41. The summed E-state index contributed by atoms with van der Waals surface area (Å²) in [5, 5.41) is 22.2. The highest BCUT2D eigenvalue weighted by molar-refractivity contribution is 7.18. The molecule has 1 aromatic heterocycles. The van der Waals surface area contributed by atoms with Gasteiger partial charge in [-0.1, -0.05) is 20.8 Å². The number of aliphatic hydroxyl groups is 2. The van der Waals surface area contributed by atoms with E-state index in [1.54, 1.807) is 0 Å². The third-order valence-corrected chi connectivity index (χ3v) is 13.0. The quantitative estimate of drug-likeness (QED) is 0.236. The lowest BCUT2D eigenvalue weighted by Gasteiger charge is -2.62. The Morgan fingerprint density at radius 3 is 2.34 bits per heavy atom. The van der Waals surface area contributed by atoms with Crippen LogP contribution in [0.25, 0.3) is 10.2 Å². The van der Waals surface area contributed by atoms with Crippen molar-refractivity contribution in [3.63, 3.8) is 0 Å². The number of rotatable bonds is 4. The Hall–Kier alpha value is -1.25. The molecule has 1 aromatic carbocycles. The number of hydrogen-bond acceptors (Lipinski definition) is 4. The molecule has 3 nitrogen and oxygen atoms in total. The number of benzene rings is 1. The van der Waals surface area contributed by atoms with Crippen molar-refractivity contribution >= 4 is 21.6 Å². The maximum absolute atomic E-state index is 14.2. The number of halogens is 4. The van der Waals surface area contributed by atoms with E-state index in [2.05, 4.69) is 25.8 Å². The van der Waals surface area contributed by atoms with Gasteiger partial charge in [-0.2, -0.15) is 0 Å². The van der Waals surface area contributed by atoms with E-state index >= 15 is 0 Å². The molecule has 0 spiro atoms. The van der Waals surface area contributed by atoms with Gasteiger partial charge in [0.25, 0.3) is 0 Å². The summed E-state index contributed by atoms with van der Waals surface area (Å²) < 4.78 is 55.5. The number of thiazole rings is 1. The van der Waals surface area contributed by atoms with Crippen LogP contribution in [-0.2, 0) is 6.42 Å². The van der Waals surface area contributed by atoms with Gasteiger partial charge in [0.2, 0.25) is 0 Å². The molecule has 1 heterocycles. The van der Waals surface area contributed by atoms with E-state index in [1.807, 2.05) is 0 Å². The molecule has 2 aromatic rings. The SMILES string of the molecule is CC(CCc1nc2c(F)c(F)c(F)c(F)c2s1)[C@H]1CC[C@H]2[C@@H]3[C@@H](O)C[C@@H]4C[C@H](O)CC[C@]4(C)[C@H]3CC[C@]12C. The third kappa shape index (κ3) is 3.90. The number of nitrogens with zero attached hydrogens (tertiary/aromatic N) is 1. The summed E-state index contributed by atoms with van der Waals surface area (Å²) in [5.74, 6) is -3.86. The van der Waals surface area contributed by atoms with Crippen LogP contribution in [0.1, 0.15) is 83.6 Å². The molecular weight excluding hydrogens is 514 g/mol. The molecule has 0 saturated heterocycles. The molecule has 8 heteroatoms. The lowest BCUT2D eigenvalue weighted by molar-refractivity contribution is -0.174. The molecule has 4 aliphatic carbocycles. The van der Waals surface area contributed by atoms with Gasteiger partial charge in [-0.15, -0.1) is 11.3 Å². The van der Waals surface area contributed by atoms with E-state index in [9.17, 15) is 27.8 Å². The maximum Gasteiger partial charge on any atom is 0.199 e. The molecule has 1 unspecified atom stereocenters. The summed E-state index contributed by atoms with van der Waals surface area (Å²) >= 11 is 0.909. The smallest absolute Gasteiger partial charge is 0.199 e. The summed E-state index contributed by atoms with van der Waals surface area (Å²) in [6.07, 6.45) is 8.77. The fourth-order valence-electron chi connectivity index (χ4n) is 9.89. The second kappa shape index (κ2) is 9.41. The molecule has 0 aliphatic heterocycles. The first-order valence-electron chi connectivity index (χ1n) is 14.4. The first kappa shape index (κ1) is 26.9. The van der Waals surface area contributed by atoms with Gasteiger partial charge < -0.3 is 10.2 Å². The number of aromatic nitrogens is 1. The van der Waals surface area contributed by atoms with E-state index in [-0.39, 0.29) is 27.7 Å². The third-order valence-electron chi connectivity index (χ3n) is 11.9. The molecule has 0 bridgehead atoms. The lowest BCUT2D eigenvalue weighted by Crippen LogP contribution is -2.58. The van der Waals surface area contributed by atoms with Gasteiger partial charge in [0.15, 0.2) is 23.3 Å². The zero-order valence-corrected chi connectivity index (χ0v) is 23.3. The molecule has 2 N–H and O–H groups in total. The largest absolute Gasteiger partial charge is 0.393 e. The van der Waals surface area contributed by atoms with Gasteiger partial charge in [-0.05, 0) is 111 Å². The van der Waals surface area contributed by atoms with Crippen molar-refractivity contribution in [1.82, 2.24) is 4.98 Å². The van der Waals surface area contributed by atoms with Crippen LogP contribution in [-0.4, -0.2) is 27.4 Å². The number of fused-ring (bicyclic) bond motifs is 6. The molecule has 4 saturated carbocycles. The minimum atomic E-state index is -1.81. The molecule has 6 rings (SSSR count). The number of aliphatic hydroxyl groups excluding tert-OH is 2. The summed E-state index contributed by atoms with van der Waals surface area (Å²) in [6.45, 7) is 7.09. The maximum atomic E-state index is 14.2. The van der Waals surface area contributed by atoms with Crippen molar-refractivity contribution in [1.29, 1.82) is 0 Å². The van der Waals surface area contributed by atoms with Crippen molar-refractivity contribution in [3.05, 3.63) is 28.3 Å². The number of hydrogen-bond donors (Lipinski definition) is 2. The van der Waals surface area contributed by atoms with Gasteiger partial charge >= 0.3 is 0 Å². The summed E-state index contributed by atoms with van der Waals surface area (Å²) in [6, 6.07) is 0. The van der Waals surface area contributed by atoms with Gasteiger partial charge in [-0.25, -0.2) is 22.5 Å². The first-order valence-corrected chi connectivity index (χ1v) is 15.2. The van der Waals surface area contributed by atoms with E-state index < -0.39 is 28.8 Å². The monoisotopic (exact) mass is 553 g/mol. The Labute approximate surface area is 226 Å². The zero-order chi connectivity index (χ0) is 27.1. The zero-order valence-electron chi connectivity index (χ0n) is 22.5. The number of aryl methyl sites for hydroxylation is 1. The highest BCUT2D eigenvalue weighted by atomic mass is 32.1. The standard InChI is InChI=1S/C30H39F4NO2S/c1-14(4-7-21-35-27-25(33)23(31)24(32)26(34)28(27)38-21)17-5-6-18-22-19(9-11-30(17,18)3)29(2)10-8-16(36)12-15(29)13-20(22)37/h14-20,22,36-37H,4-13H2,1-3H3/t14?,15-,16+,17+,18-,19-,20-,22-,29-,30+/m0/s1. The Kier molecular flexibility index (Phi) is 6.67. The molecular formula is C30H39F4NO2S. The molecule has 38 heavy (non-hydrogen) atoms. The minimum Gasteiger partial charge on any atom is -0.393 e. The van der Waals surface area contributed by atoms with Crippen LogP contribution >= 0.6 is 11.3 Å². The average Bonchev–Trinajstić information content (AvgIpc) is 3.47. The van der Waals surface area contributed by atoms with E-state index in [0.29, 0.717) is 46.9 Å². The van der Waals surface area contributed by atoms with Crippen LogP contribution in [0.4, 0.5) is 17.6 Å². The van der Waals surface area contributed by atoms with Crippen molar-refractivity contribution in [2.24, 2.45) is 46.3 Å². The summed E-state index contributed by atoms with van der Waals surface area (Å²) in [5.41, 5.74) is -0.0878. The van der Waals surface area contributed by atoms with E-state index in [0.717, 1.165) is 69.1 Å². The minimum absolute atomic E-state index is 0.136. The second-order valence-corrected chi connectivity index (χ2v) is 14.6. The Bertz CT molecular complexity index is 1190. The van der Waals surface area contributed by atoms with Crippen molar-refractivity contribution in [2.75, 3.05) is 0 Å². The Morgan fingerprint density at radius 1 is 0.895 bits per heavy atom.